The van der Waals surface area contributed by atoms with Crippen molar-refractivity contribution in [1.29, 1.82) is 0 Å². The van der Waals surface area contributed by atoms with Gasteiger partial charge in [-0.05, 0) is 60.3 Å². The number of amidine groups is 1. The Balaban J connectivity index is 1.35. The fraction of sp³-hybridized carbons (Fsp3) is 0. The number of carbonyl (C=O) groups is 1. The van der Waals surface area contributed by atoms with Gasteiger partial charge in [-0.25, -0.2) is 9.98 Å². The molecule has 0 unspecified atom stereocenters. The van der Waals surface area contributed by atoms with Crippen molar-refractivity contribution in [3.8, 4) is 10.8 Å². The average Bonchev–Trinajstić information content (AvgIpc) is 3.58. The first-order chi connectivity index (χ1) is 16.7. The van der Waals surface area contributed by atoms with Gasteiger partial charge < -0.3 is 4.42 Å². The minimum absolute atomic E-state index is 0.135. The van der Waals surface area contributed by atoms with E-state index in [2.05, 4.69) is 4.98 Å². The van der Waals surface area contributed by atoms with Crippen LogP contribution in [-0.4, -0.2) is 16.1 Å². The normalized spacial score (nSPS) is 16.2. The number of hydrogen-bond acceptors (Lipinski definition) is 6. The molecule has 0 saturated carbocycles. The lowest BCUT2D eigenvalue weighted by atomic mass is 10.3. The number of fused-ring (bicyclic) bond motifs is 1. The molecular weight excluding hydrogens is 462 g/mol. The molecular formula is C27H17N3O2S2. The van der Waals surface area contributed by atoms with E-state index in [9.17, 15) is 4.79 Å². The number of anilines is 1. The number of thiazole rings is 1. The molecule has 2 aromatic heterocycles. The molecule has 0 N–H and O–H groups in total. The summed E-state index contributed by atoms with van der Waals surface area (Å²) >= 11 is 2.92. The molecule has 0 aliphatic carbocycles. The van der Waals surface area contributed by atoms with E-state index >= 15 is 0 Å². The summed E-state index contributed by atoms with van der Waals surface area (Å²) in [6.45, 7) is 0. The van der Waals surface area contributed by atoms with Gasteiger partial charge in [0.05, 0.1) is 26.5 Å². The lowest BCUT2D eigenvalue weighted by Crippen LogP contribution is -2.28. The van der Waals surface area contributed by atoms with Crippen molar-refractivity contribution in [3.05, 3.63) is 108 Å². The standard InChI is InChI=1S/C27H17N3O2S2/c31-26-24(17-20-15-16-22(32-20)25-29-21-13-7-8-14-23(21)33-25)34-27(28-18-9-3-1-4-10-18)30(26)19-11-5-2-6-12-19/h1-17H. The summed E-state index contributed by atoms with van der Waals surface area (Å²) in [5, 5.41) is 1.42. The van der Waals surface area contributed by atoms with Crippen molar-refractivity contribution in [2.75, 3.05) is 4.90 Å². The van der Waals surface area contributed by atoms with Gasteiger partial charge in [-0.1, -0.05) is 48.5 Å². The highest BCUT2D eigenvalue weighted by atomic mass is 32.2. The van der Waals surface area contributed by atoms with Gasteiger partial charge in [0.2, 0.25) is 0 Å². The van der Waals surface area contributed by atoms with Gasteiger partial charge in [0.25, 0.3) is 5.91 Å². The Hall–Kier alpha value is -3.94. The summed E-state index contributed by atoms with van der Waals surface area (Å²) in [6.07, 6.45) is 1.77. The van der Waals surface area contributed by atoms with E-state index in [0.29, 0.717) is 21.6 Å². The second-order valence-electron chi connectivity index (χ2n) is 7.51. The van der Waals surface area contributed by atoms with Crippen LogP contribution >= 0.6 is 23.1 Å². The smallest absolute Gasteiger partial charge is 0.271 e. The van der Waals surface area contributed by atoms with Gasteiger partial charge in [-0.2, -0.15) is 0 Å². The SMILES string of the molecule is O=C1C(=Cc2ccc(-c3nc4ccccc4s3)o2)SC(=Nc2ccccc2)N1c1ccccc1. The number of thioether (sulfide) groups is 1. The summed E-state index contributed by atoms with van der Waals surface area (Å²) < 4.78 is 7.16. The maximum absolute atomic E-state index is 13.4. The highest BCUT2D eigenvalue weighted by Crippen LogP contribution is 2.38. The fourth-order valence-corrected chi connectivity index (χ4v) is 5.53. The molecule has 34 heavy (non-hydrogen) atoms. The molecule has 5 nitrogen and oxygen atoms in total. The van der Waals surface area contributed by atoms with E-state index < -0.39 is 0 Å². The van der Waals surface area contributed by atoms with Crippen molar-refractivity contribution in [2.24, 2.45) is 4.99 Å². The Morgan fingerprint density at radius 1 is 0.853 bits per heavy atom. The van der Waals surface area contributed by atoms with Gasteiger partial charge in [0.1, 0.15) is 5.76 Å². The van der Waals surface area contributed by atoms with E-state index in [4.69, 9.17) is 9.41 Å². The van der Waals surface area contributed by atoms with Gasteiger partial charge in [-0.3, -0.25) is 9.69 Å². The van der Waals surface area contributed by atoms with Crippen LogP contribution in [0.3, 0.4) is 0 Å². The van der Waals surface area contributed by atoms with Gasteiger partial charge in [-0.15, -0.1) is 11.3 Å². The maximum Gasteiger partial charge on any atom is 0.271 e. The topological polar surface area (TPSA) is 58.7 Å². The second kappa shape index (κ2) is 8.78. The van der Waals surface area contributed by atoms with Crippen LogP contribution in [0.15, 0.2) is 111 Å². The Kier molecular flexibility index (Phi) is 5.33. The number of amides is 1. The molecule has 5 aromatic rings. The van der Waals surface area contributed by atoms with Crippen molar-refractivity contribution in [3.63, 3.8) is 0 Å². The van der Waals surface area contributed by atoms with E-state index in [1.54, 1.807) is 22.3 Å². The lowest BCUT2D eigenvalue weighted by molar-refractivity contribution is -0.113. The highest BCUT2D eigenvalue weighted by Gasteiger charge is 2.35. The van der Waals surface area contributed by atoms with Crippen LogP contribution in [0.25, 0.3) is 27.1 Å². The number of aliphatic imine (C=N–C) groups is 1. The van der Waals surface area contributed by atoms with Crippen LogP contribution in [0.5, 0.6) is 0 Å². The molecule has 3 heterocycles. The molecule has 1 aliphatic heterocycles. The molecule has 1 amide bonds. The fourth-order valence-electron chi connectivity index (χ4n) is 3.62. The number of furan rings is 1. The number of para-hydroxylation sites is 3. The van der Waals surface area contributed by atoms with E-state index in [-0.39, 0.29) is 5.91 Å². The Morgan fingerprint density at radius 3 is 2.38 bits per heavy atom. The molecule has 1 aliphatic rings. The number of rotatable bonds is 4. The van der Waals surface area contributed by atoms with Crippen LogP contribution in [0.2, 0.25) is 0 Å². The molecule has 164 valence electrons. The monoisotopic (exact) mass is 479 g/mol. The molecule has 1 saturated heterocycles. The number of benzene rings is 3. The van der Waals surface area contributed by atoms with Crippen molar-refractivity contribution in [2.45, 2.75) is 0 Å². The molecule has 0 radical (unpaired) electrons. The third-order valence-electron chi connectivity index (χ3n) is 5.21. The number of aromatic nitrogens is 1. The number of carbonyl (C=O) groups excluding carboxylic acids is 1. The molecule has 0 atom stereocenters. The molecule has 6 rings (SSSR count). The highest BCUT2D eigenvalue weighted by molar-refractivity contribution is 8.19. The third kappa shape index (κ3) is 3.96. The van der Waals surface area contributed by atoms with E-state index in [1.165, 1.54) is 11.8 Å². The lowest BCUT2D eigenvalue weighted by Gasteiger charge is -2.15. The molecule has 0 spiro atoms. The van der Waals surface area contributed by atoms with E-state index in [0.717, 1.165) is 26.6 Å². The second-order valence-corrected chi connectivity index (χ2v) is 9.55. The predicted octanol–water partition coefficient (Wildman–Crippen LogP) is 7.36. The van der Waals surface area contributed by atoms with Crippen LogP contribution < -0.4 is 4.90 Å². The quantitative estimate of drug-likeness (QED) is 0.253. The molecule has 7 heteroatoms. The van der Waals surface area contributed by atoms with Crippen LogP contribution in [0.4, 0.5) is 11.4 Å². The Labute approximate surface area is 204 Å². The zero-order valence-corrected chi connectivity index (χ0v) is 19.4. The van der Waals surface area contributed by atoms with Gasteiger partial charge in [0, 0.05) is 6.08 Å². The van der Waals surface area contributed by atoms with Crippen molar-refractivity contribution < 1.29 is 9.21 Å². The first-order valence-corrected chi connectivity index (χ1v) is 12.3. The summed E-state index contributed by atoms with van der Waals surface area (Å²) in [4.78, 5) is 25.0. The Morgan fingerprint density at radius 2 is 1.59 bits per heavy atom. The van der Waals surface area contributed by atoms with Crippen LogP contribution in [-0.2, 0) is 4.79 Å². The molecule has 1 fully saturated rings. The largest absolute Gasteiger partial charge is 0.454 e. The number of hydrogen-bond donors (Lipinski definition) is 0. The summed E-state index contributed by atoms with van der Waals surface area (Å²) in [7, 11) is 0. The predicted molar refractivity (Wildman–Crippen MR) is 140 cm³/mol. The zero-order chi connectivity index (χ0) is 22.9. The third-order valence-corrected chi connectivity index (χ3v) is 7.23. The van der Waals surface area contributed by atoms with Crippen molar-refractivity contribution >= 4 is 61.8 Å². The first kappa shape index (κ1) is 20.7. The van der Waals surface area contributed by atoms with Gasteiger partial charge in [0.15, 0.2) is 15.9 Å². The minimum atomic E-state index is -0.135. The maximum atomic E-state index is 13.4. The summed E-state index contributed by atoms with van der Waals surface area (Å²) in [5.74, 6) is 1.14. The van der Waals surface area contributed by atoms with Crippen LogP contribution in [0, 0.1) is 0 Å². The number of nitrogens with zero attached hydrogens (tertiary/aromatic N) is 3. The average molecular weight is 480 g/mol. The van der Waals surface area contributed by atoms with E-state index in [1.807, 2.05) is 97.1 Å². The zero-order valence-electron chi connectivity index (χ0n) is 17.8. The molecule has 0 bridgehead atoms. The van der Waals surface area contributed by atoms with Crippen LogP contribution in [0.1, 0.15) is 5.76 Å². The Bertz CT molecular complexity index is 1520. The molecule has 3 aromatic carbocycles. The summed E-state index contributed by atoms with van der Waals surface area (Å²) in [6, 6.07) is 30.9. The van der Waals surface area contributed by atoms with Crippen molar-refractivity contribution in [1.82, 2.24) is 4.98 Å². The first-order valence-electron chi connectivity index (χ1n) is 10.6. The minimum Gasteiger partial charge on any atom is -0.454 e. The summed E-state index contributed by atoms with van der Waals surface area (Å²) in [5.41, 5.74) is 2.50. The van der Waals surface area contributed by atoms with Gasteiger partial charge >= 0.3 is 0 Å².